The molecule has 0 aliphatic rings. The number of aryl methyl sites for hydroxylation is 1. The standard InChI is InChI=1S/C13H11BrFN3O/c1-8-9(14)6-7-12(16-8)18-13(19)17-11-5-3-2-4-10(11)15/h2-7H,1H3,(H2,16,17,18,19). The number of halogens is 2. The topological polar surface area (TPSA) is 54.0 Å². The summed E-state index contributed by atoms with van der Waals surface area (Å²) in [7, 11) is 0. The lowest BCUT2D eigenvalue weighted by atomic mass is 10.3. The van der Waals surface area contributed by atoms with Gasteiger partial charge in [0, 0.05) is 4.47 Å². The van der Waals surface area contributed by atoms with E-state index in [9.17, 15) is 9.18 Å². The maximum Gasteiger partial charge on any atom is 0.324 e. The van der Waals surface area contributed by atoms with Gasteiger partial charge in [0.05, 0.1) is 11.4 Å². The number of nitrogens with zero attached hydrogens (tertiary/aromatic N) is 1. The van der Waals surface area contributed by atoms with Crippen LogP contribution in [0, 0.1) is 12.7 Å². The molecule has 1 aromatic heterocycles. The first kappa shape index (κ1) is 13.5. The van der Waals surface area contributed by atoms with Crippen LogP contribution >= 0.6 is 15.9 Å². The van der Waals surface area contributed by atoms with Gasteiger partial charge in [0.15, 0.2) is 0 Å². The monoisotopic (exact) mass is 323 g/mol. The highest BCUT2D eigenvalue weighted by atomic mass is 79.9. The lowest BCUT2D eigenvalue weighted by molar-refractivity contribution is 0.262. The number of hydrogen-bond acceptors (Lipinski definition) is 2. The fraction of sp³-hybridized carbons (Fsp3) is 0.0769. The summed E-state index contributed by atoms with van der Waals surface area (Å²) >= 11 is 3.32. The summed E-state index contributed by atoms with van der Waals surface area (Å²) < 4.78 is 14.2. The molecule has 0 atom stereocenters. The molecule has 1 heterocycles. The first-order valence-corrected chi connectivity index (χ1v) is 6.31. The molecule has 0 aliphatic carbocycles. The average Bonchev–Trinajstić information content (AvgIpc) is 2.37. The van der Waals surface area contributed by atoms with Crippen LogP contribution in [-0.4, -0.2) is 11.0 Å². The number of carbonyl (C=O) groups excluding carboxylic acids is 1. The molecule has 6 heteroatoms. The van der Waals surface area contributed by atoms with E-state index in [4.69, 9.17) is 0 Å². The van der Waals surface area contributed by atoms with Crippen molar-refractivity contribution >= 4 is 33.5 Å². The molecule has 2 aromatic rings. The largest absolute Gasteiger partial charge is 0.324 e. The Labute approximate surface area is 118 Å². The summed E-state index contributed by atoms with van der Waals surface area (Å²) in [5.41, 5.74) is 0.873. The predicted octanol–water partition coefficient (Wildman–Crippen LogP) is 3.94. The van der Waals surface area contributed by atoms with E-state index in [1.165, 1.54) is 12.1 Å². The number of rotatable bonds is 2. The van der Waals surface area contributed by atoms with E-state index < -0.39 is 11.8 Å². The maximum atomic E-state index is 13.3. The maximum absolute atomic E-state index is 13.3. The third-order valence-electron chi connectivity index (χ3n) is 2.38. The predicted molar refractivity (Wildman–Crippen MR) is 75.7 cm³/mol. The minimum atomic E-state index is -0.542. The van der Waals surface area contributed by atoms with Crippen LogP contribution in [0.15, 0.2) is 40.9 Å². The van der Waals surface area contributed by atoms with Crippen LogP contribution in [0.3, 0.4) is 0 Å². The molecular weight excluding hydrogens is 313 g/mol. The first-order chi connectivity index (χ1) is 9.06. The van der Waals surface area contributed by atoms with Crippen LogP contribution < -0.4 is 10.6 Å². The van der Waals surface area contributed by atoms with Crippen molar-refractivity contribution < 1.29 is 9.18 Å². The van der Waals surface area contributed by atoms with E-state index in [-0.39, 0.29) is 5.69 Å². The van der Waals surface area contributed by atoms with Crippen molar-refractivity contribution in [3.63, 3.8) is 0 Å². The van der Waals surface area contributed by atoms with E-state index >= 15 is 0 Å². The van der Waals surface area contributed by atoms with Gasteiger partial charge in [-0.15, -0.1) is 0 Å². The number of amides is 2. The number of pyridine rings is 1. The molecule has 0 bridgehead atoms. The Bertz CT molecular complexity index is 619. The summed E-state index contributed by atoms with van der Waals surface area (Å²) in [6.07, 6.45) is 0. The third kappa shape index (κ3) is 3.51. The van der Waals surface area contributed by atoms with Gasteiger partial charge in [0.25, 0.3) is 0 Å². The molecule has 0 radical (unpaired) electrons. The van der Waals surface area contributed by atoms with Crippen LogP contribution in [0.1, 0.15) is 5.69 Å². The number of aromatic nitrogens is 1. The van der Waals surface area contributed by atoms with Crippen LogP contribution in [0.25, 0.3) is 0 Å². The molecule has 0 unspecified atom stereocenters. The van der Waals surface area contributed by atoms with Crippen LogP contribution in [-0.2, 0) is 0 Å². The van der Waals surface area contributed by atoms with Gasteiger partial charge in [-0.1, -0.05) is 12.1 Å². The van der Waals surface area contributed by atoms with E-state index in [2.05, 4.69) is 31.5 Å². The number of para-hydroxylation sites is 1. The number of urea groups is 1. The summed E-state index contributed by atoms with van der Waals surface area (Å²) in [4.78, 5) is 15.9. The Morgan fingerprint density at radius 3 is 2.63 bits per heavy atom. The van der Waals surface area contributed by atoms with Gasteiger partial charge in [-0.3, -0.25) is 5.32 Å². The summed E-state index contributed by atoms with van der Waals surface area (Å²) in [6.45, 7) is 1.81. The Morgan fingerprint density at radius 2 is 1.95 bits per heavy atom. The van der Waals surface area contributed by atoms with Gasteiger partial charge in [-0.2, -0.15) is 0 Å². The third-order valence-corrected chi connectivity index (χ3v) is 3.22. The van der Waals surface area contributed by atoms with Crippen LogP contribution in [0.5, 0.6) is 0 Å². The zero-order chi connectivity index (χ0) is 13.8. The highest BCUT2D eigenvalue weighted by molar-refractivity contribution is 9.10. The van der Waals surface area contributed by atoms with Crippen molar-refractivity contribution in [1.82, 2.24) is 4.98 Å². The van der Waals surface area contributed by atoms with Crippen molar-refractivity contribution in [2.24, 2.45) is 0 Å². The molecule has 2 amide bonds. The van der Waals surface area contributed by atoms with Gasteiger partial charge in [-0.05, 0) is 47.1 Å². The van der Waals surface area contributed by atoms with Crippen molar-refractivity contribution in [2.75, 3.05) is 10.6 Å². The average molecular weight is 324 g/mol. The van der Waals surface area contributed by atoms with Gasteiger partial charge in [0.1, 0.15) is 11.6 Å². The highest BCUT2D eigenvalue weighted by Gasteiger charge is 2.07. The van der Waals surface area contributed by atoms with Crippen molar-refractivity contribution in [3.05, 3.63) is 52.4 Å². The number of hydrogen-bond donors (Lipinski definition) is 2. The number of anilines is 2. The SMILES string of the molecule is Cc1nc(NC(=O)Nc2ccccc2F)ccc1Br. The molecule has 0 fully saturated rings. The van der Waals surface area contributed by atoms with Gasteiger partial charge < -0.3 is 5.32 Å². The second-order valence-electron chi connectivity index (χ2n) is 3.82. The minimum absolute atomic E-state index is 0.119. The van der Waals surface area contributed by atoms with Crippen molar-refractivity contribution in [2.45, 2.75) is 6.92 Å². The zero-order valence-electron chi connectivity index (χ0n) is 10.1. The van der Waals surface area contributed by atoms with Gasteiger partial charge in [-0.25, -0.2) is 14.2 Å². The molecular formula is C13H11BrFN3O. The van der Waals surface area contributed by atoms with Crippen molar-refractivity contribution in [3.8, 4) is 0 Å². The normalized spacial score (nSPS) is 10.1. The Balaban J connectivity index is 2.05. The van der Waals surface area contributed by atoms with E-state index in [1.807, 2.05) is 6.92 Å². The summed E-state index contributed by atoms with van der Waals surface area (Å²) in [6, 6.07) is 8.84. The Morgan fingerprint density at radius 1 is 1.21 bits per heavy atom. The van der Waals surface area contributed by atoms with E-state index in [0.29, 0.717) is 5.82 Å². The van der Waals surface area contributed by atoms with Crippen LogP contribution in [0.2, 0.25) is 0 Å². The lowest BCUT2D eigenvalue weighted by Crippen LogP contribution is -2.20. The number of carbonyl (C=O) groups is 1. The molecule has 2 rings (SSSR count). The molecule has 0 aliphatic heterocycles. The van der Waals surface area contributed by atoms with E-state index in [0.717, 1.165) is 10.2 Å². The van der Waals surface area contributed by atoms with E-state index in [1.54, 1.807) is 24.3 Å². The van der Waals surface area contributed by atoms with Crippen LogP contribution in [0.4, 0.5) is 20.7 Å². The zero-order valence-corrected chi connectivity index (χ0v) is 11.7. The molecule has 4 nitrogen and oxygen atoms in total. The Kier molecular flexibility index (Phi) is 4.11. The molecule has 19 heavy (non-hydrogen) atoms. The molecule has 0 saturated carbocycles. The molecule has 98 valence electrons. The fourth-order valence-electron chi connectivity index (χ4n) is 1.45. The number of nitrogens with one attached hydrogen (secondary N) is 2. The summed E-state index contributed by atoms with van der Waals surface area (Å²) in [5.74, 6) is -0.0906. The molecule has 0 spiro atoms. The van der Waals surface area contributed by atoms with Gasteiger partial charge >= 0.3 is 6.03 Å². The second kappa shape index (κ2) is 5.79. The second-order valence-corrected chi connectivity index (χ2v) is 4.68. The summed E-state index contributed by atoms with van der Waals surface area (Å²) in [5, 5.41) is 4.95. The fourth-order valence-corrected chi connectivity index (χ4v) is 1.67. The highest BCUT2D eigenvalue weighted by Crippen LogP contribution is 2.17. The molecule has 2 N–H and O–H groups in total. The molecule has 1 aromatic carbocycles. The van der Waals surface area contributed by atoms with Crippen molar-refractivity contribution in [1.29, 1.82) is 0 Å². The Hall–Kier alpha value is -1.95. The van der Waals surface area contributed by atoms with Gasteiger partial charge in [0.2, 0.25) is 0 Å². The molecule has 0 saturated heterocycles. The number of benzene rings is 1. The minimum Gasteiger partial charge on any atom is -0.305 e. The lowest BCUT2D eigenvalue weighted by Gasteiger charge is -2.08. The first-order valence-electron chi connectivity index (χ1n) is 5.52. The quantitative estimate of drug-likeness (QED) is 0.879. The smallest absolute Gasteiger partial charge is 0.305 e.